The Bertz CT molecular complexity index is 850. The van der Waals surface area contributed by atoms with Gasteiger partial charge in [0, 0.05) is 5.39 Å². The van der Waals surface area contributed by atoms with Gasteiger partial charge < -0.3 is 10.4 Å². The minimum Gasteiger partial charge on any atom is -0.480 e. The summed E-state index contributed by atoms with van der Waals surface area (Å²) in [6.45, 7) is 1.57. The van der Waals surface area contributed by atoms with Crippen molar-refractivity contribution in [2.75, 3.05) is 5.32 Å². The third-order valence-electron chi connectivity index (χ3n) is 3.15. The van der Waals surface area contributed by atoms with E-state index < -0.39 is 12.0 Å². The molecule has 0 aliphatic carbocycles. The van der Waals surface area contributed by atoms with Crippen LogP contribution in [0.4, 0.5) is 5.82 Å². The van der Waals surface area contributed by atoms with Gasteiger partial charge >= 0.3 is 5.97 Å². The third kappa shape index (κ3) is 2.75. The van der Waals surface area contributed by atoms with Gasteiger partial charge in [0.2, 0.25) is 0 Å². The fraction of sp³-hybridized carbons (Fsp3) is 0.133. The highest BCUT2D eigenvalue weighted by Gasteiger charge is 2.16. The lowest BCUT2D eigenvalue weighted by Crippen LogP contribution is -2.26. The highest BCUT2D eigenvalue weighted by molar-refractivity contribution is 7.14. The van der Waals surface area contributed by atoms with Gasteiger partial charge in [-0.05, 0) is 30.5 Å². The van der Waals surface area contributed by atoms with Crippen molar-refractivity contribution in [3.8, 4) is 10.7 Å². The van der Waals surface area contributed by atoms with Crippen molar-refractivity contribution in [3.63, 3.8) is 0 Å². The van der Waals surface area contributed by atoms with Crippen LogP contribution in [-0.4, -0.2) is 27.1 Å². The lowest BCUT2D eigenvalue weighted by Gasteiger charge is -2.13. The molecule has 0 aliphatic heterocycles. The molecule has 3 rings (SSSR count). The van der Waals surface area contributed by atoms with Crippen molar-refractivity contribution in [1.82, 2.24) is 9.97 Å². The number of hydrogen-bond donors (Lipinski definition) is 2. The first-order chi connectivity index (χ1) is 10.6. The number of hydrogen-bond acceptors (Lipinski definition) is 5. The summed E-state index contributed by atoms with van der Waals surface area (Å²) < 4.78 is 0. The summed E-state index contributed by atoms with van der Waals surface area (Å²) in [6, 6.07) is 8.47. The number of anilines is 1. The maximum absolute atomic E-state index is 11.1. The molecule has 2 N–H and O–H groups in total. The molecule has 0 saturated carbocycles. The third-order valence-corrected chi connectivity index (χ3v) is 4.48. The van der Waals surface area contributed by atoms with Gasteiger partial charge in [-0.25, -0.2) is 9.97 Å². The molecule has 0 spiro atoms. The zero-order valence-corrected chi connectivity index (χ0v) is 13.1. The molecule has 7 heteroatoms. The summed E-state index contributed by atoms with van der Waals surface area (Å²) in [5.74, 6) is 0.0251. The summed E-state index contributed by atoms with van der Waals surface area (Å²) >= 11 is 7.59. The number of para-hydroxylation sites is 1. The number of aliphatic carboxylic acids is 1. The largest absolute Gasteiger partial charge is 0.480 e. The van der Waals surface area contributed by atoms with Crippen LogP contribution in [0.2, 0.25) is 5.02 Å². The van der Waals surface area contributed by atoms with Crippen molar-refractivity contribution < 1.29 is 9.90 Å². The Kier molecular flexibility index (Phi) is 3.96. The van der Waals surface area contributed by atoms with Gasteiger partial charge in [0.1, 0.15) is 11.9 Å². The molecule has 0 saturated heterocycles. The lowest BCUT2D eigenvalue weighted by atomic mass is 10.2. The summed E-state index contributed by atoms with van der Waals surface area (Å²) in [5.41, 5.74) is 0.733. The number of carboxylic acid groups (broad SMARTS) is 1. The number of nitrogens with one attached hydrogen (secondary N) is 1. The average Bonchev–Trinajstić information content (AvgIpc) is 2.93. The van der Waals surface area contributed by atoms with E-state index in [0.29, 0.717) is 16.7 Å². The lowest BCUT2D eigenvalue weighted by molar-refractivity contribution is -0.137. The van der Waals surface area contributed by atoms with Crippen molar-refractivity contribution in [3.05, 3.63) is 40.7 Å². The smallest absolute Gasteiger partial charge is 0.325 e. The molecule has 2 aromatic heterocycles. The maximum Gasteiger partial charge on any atom is 0.325 e. The molecule has 112 valence electrons. The second-order valence-electron chi connectivity index (χ2n) is 4.71. The molecular weight excluding hydrogens is 322 g/mol. The van der Waals surface area contributed by atoms with Crippen LogP contribution in [0.3, 0.4) is 0 Å². The molecule has 5 nitrogen and oxygen atoms in total. The quantitative estimate of drug-likeness (QED) is 0.757. The number of carbonyl (C=O) groups is 1. The standard InChI is InChI=1S/C15H12ClN3O2S/c1-8(15(20)21)17-13-9-4-2-3-5-11(9)18-14(19-13)12-10(16)6-7-22-12/h2-8H,1H3,(H,20,21)(H,17,18,19). The van der Waals surface area contributed by atoms with E-state index in [2.05, 4.69) is 15.3 Å². The molecule has 22 heavy (non-hydrogen) atoms. The number of aromatic nitrogens is 2. The molecular formula is C15H12ClN3O2S. The van der Waals surface area contributed by atoms with Crippen molar-refractivity contribution in [1.29, 1.82) is 0 Å². The van der Waals surface area contributed by atoms with Gasteiger partial charge in [0.25, 0.3) is 0 Å². The zero-order chi connectivity index (χ0) is 15.7. The number of fused-ring (bicyclic) bond motifs is 1. The Morgan fingerprint density at radius 3 is 2.77 bits per heavy atom. The molecule has 2 heterocycles. The highest BCUT2D eigenvalue weighted by Crippen LogP contribution is 2.33. The predicted molar refractivity (Wildman–Crippen MR) is 88.6 cm³/mol. The molecule has 0 aliphatic rings. The van der Waals surface area contributed by atoms with Crippen LogP contribution in [-0.2, 0) is 4.79 Å². The number of halogens is 1. The monoisotopic (exact) mass is 333 g/mol. The molecule has 0 radical (unpaired) electrons. The number of thiophene rings is 1. The highest BCUT2D eigenvalue weighted by atomic mass is 35.5. The van der Waals surface area contributed by atoms with Gasteiger partial charge in [-0.1, -0.05) is 23.7 Å². The van der Waals surface area contributed by atoms with Gasteiger partial charge in [0.05, 0.1) is 15.4 Å². The molecule has 1 atom stereocenters. The Labute approximate surface area is 135 Å². The van der Waals surface area contributed by atoms with Crippen LogP contribution in [0, 0.1) is 0 Å². The Hall–Kier alpha value is -2.18. The topological polar surface area (TPSA) is 75.1 Å². The Morgan fingerprint density at radius 1 is 1.32 bits per heavy atom. The van der Waals surface area contributed by atoms with Crippen LogP contribution in [0.15, 0.2) is 35.7 Å². The van der Waals surface area contributed by atoms with E-state index in [-0.39, 0.29) is 0 Å². The first-order valence-electron chi connectivity index (χ1n) is 6.56. The van der Waals surface area contributed by atoms with Crippen LogP contribution >= 0.6 is 22.9 Å². The SMILES string of the molecule is CC(Nc1nc(-c2sccc2Cl)nc2ccccc12)C(=O)O. The summed E-state index contributed by atoms with van der Waals surface area (Å²) in [5, 5.41) is 15.2. The molecule has 0 fully saturated rings. The first-order valence-corrected chi connectivity index (χ1v) is 7.81. The molecule has 3 aromatic rings. The second-order valence-corrected chi connectivity index (χ2v) is 6.04. The normalized spacial score (nSPS) is 12.3. The molecule has 1 aromatic carbocycles. The van der Waals surface area contributed by atoms with E-state index >= 15 is 0 Å². The van der Waals surface area contributed by atoms with Crippen LogP contribution in [0.1, 0.15) is 6.92 Å². The van der Waals surface area contributed by atoms with Gasteiger partial charge in [-0.2, -0.15) is 0 Å². The van der Waals surface area contributed by atoms with Crippen molar-refractivity contribution >= 4 is 45.6 Å². The molecule has 0 amide bonds. The van der Waals surface area contributed by atoms with E-state index in [0.717, 1.165) is 15.8 Å². The van der Waals surface area contributed by atoms with Crippen molar-refractivity contribution in [2.24, 2.45) is 0 Å². The van der Waals surface area contributed by atoms with Gasteiger partial charge in [-0.15, -0.1) is 11.3 Å². The van der Waals surface area contributed by atoms with Crippen molar-refractivity contribution in [2.45, 2.75) is 13.0 Å². The first kappa shape index (κ1) is 14.7. The van der Waals surface area contributed by atoms with Gasteiger partial charge in [-0.3, -0.25) is 4.79 Å². The van der Waals surface area contributed by atoms with Crippen LogP contribution < -0.4 is 5.32 Å². The van der Waals surface area contributed by atoms with Gasteiger partial charge in [0.15, 0.2) is 5.82 Å². The zero-order valence-electron chi connectivity index (χ0n) is 11.6. The minimum atomic E-state index is -0.946. The number of carboxylic acids is 1. The van der Waals surface area contributed by atoms with E-state index in [9.17, 15) is 4.79 Å². The fourth-order valence-electron chi connectivity index (χ4n) is 2.01. The van der Waals surface area contributed by atoms with E-state index in [4.69, 9.17) is 16.7 Å². The number of rotatable bonds is 4. The van der Waals surface area contributed by atoms with Crippen LogP contribution in [0.5, 0.6) is 0 Å². The summed E-state index contributed by atoms with van der Waals surface area (Å²) in [6.07, 6.45) is 0. The van der Waals surface area contributed by atoms with E-state index in [1.54, 1.807) is 13.0 Å². The fourth-order valence-corrected chi connectivity index (χ4v) is 3.08. The summed E-state index contributed by atoms with van der Waals surface area (Å²) in [7, 11) is 0. The second kappa shape index (κ2) is 5.90. The Morgan fingerprint density at radius 2 is 2.09 bits per heavy atom. The predicted octanol–water partition coefficient (Wildman–Crippen LogP) is 3.90. The average molecular weight is 334 g/mol. The molecule has 1 unspecified atom stereocenters. The number of nitrogens with zero attached hydrogens (tertiary/aromatic N) is 2. The van der Waals surface area contributed by atoms with E-state index in [1.165, 1.54) is 11.3 Å². The maximum atomic E-state index is 11.1. The Balaban J connectivity index is 2.16. The van der Waals surface area contributed by atoms with E-state index in [1.807, 2.05) is 29.6 Å². The summed E-state index contributed by atoms with van der Waals surface area (Å²) in [4.78, 5) is 20.8. The number of benzene rings is 1. The minimum absolute atomic E-state index is 0.485. The van der Waals surface area contributed by atoms with Crippen LogP contribution in [0.25, 0.3) is 21.6 Å². The molecule has 0 bridgehead atoms.